The minimum Gasteiger partial charge on any atom is -0.494 e. The summed E-state index contributed by atoms with van der Waals surface area (Å²) in [5.74, 6) is 2.37. The smallest absolute Gasteiger partial charge is 0.185 e. The van der Waals surface area contributed by atoms with Gasteiger partial charge in [0.2, 0.25) is 0 Å². The Balaban J connectivity index is 1.49. The van der Waals surface area contributed by atoms with Gasteiger partial charge in [0.05, 0.1) is 6.61 Å². The molecule has 0 radical (unpaired) electrons. The highest BCUT2D eigenvalue weighted by Crippen LogP contribution is 2.42. The summed E-state index contributed by atoms with van der Waals surface area (Å²) in [4.78, 5) is 11.7. The Morgan fingerprint density at radius 3 is 2.50 bits per heavy atom. The molecule has 1 aliphatic carbocycles. The molecule has 0 saturated heterocycles. The number of carbonyl (C=O) groups is 1. The number of hydrogen-bond donors (Lipinski definition) is 0. The summed E-state index contributed by atoms with van der Waals surface area (Å²) in [6.07, 6.45) is 5.83. The normalized spacial score (nSPS) is 19.5. The second kappa shape index (κ2) is 11.0. The van der Waals surface area contributed by atoms with Crippen LogP contribution in [0.3, 0.4) is 0 Å². The maximum atomic E-state index is 11.7. The van der Waals surface area contributed by atoms with E-state index in [2.05, 4.69) is 37.3 Å². The molecule has 1 aliphatic rings. The van der Waals surface area contributed by atoms with Gasteiger partial charge in [0.1, 0.15) is 23.9 Å². The van der Waals surface area contributed by atoms with Crippen LogP contribution in [0.1, 0.15) is 62.5 Å². The number of ether oxygens (including phenoxy) is 2. The Bertz CT molecular complexity index is 997. The summed E-state index contributed by atoms with van der Waals surface area (Å²) in [5.41, 5.74) is 2.64. The van der Waals surface area contributed by atoms with Crippen molar-refractivity contribution in [2.75, 3.05) is 25.2 Å². The summed E-state index contributed by atoms with van der Waals surface area (Å²) in [7, 11) is -3.32. The first-order valence-electron chi connectivity index (χ1n) is 11.4. The standard InChI is InChI=1S/C26H34O5S/c1-4-30-26-7-5-6-22(16-26)19(2)14-20-8-9-23(15-20)21-10-12-25(13-11-21)31-17-24(27)18-32(3,28)29/h5-7,10-13,16,19-20,23H,4,8-9,14-15,17-18H2,1-3H3/t19-,20?,23+/m0/s1. The van der Waals surface area contributed by atoms with Crippen LogP contribution in [0, 0.1) is 5.92 Å². The zero-order valence-corrected chi connectivity index (χ0v) is 20.1. The number of sulfone groups is 1. The summed E-state index contributed by atoms with van der Waals surface area (Å²) >= 11 is 0. The van der Waals surface area contributed by atoms with Crippen LogP contribution in [0.2, 0.25) is 0 Å². The molecule has 174 valence electrons. The lowest BCUT2D eigenvalue weighted by molar-refractivity contribution is -0.118. The molecular weight excluding hydrogens is 424 g/mol. The summed E-state index contributed by atoms with van der Waals surface area (Å²) in [6.45, 7) is 4.77. The van der Waals surface area contributed by atoms with Crippen molar-refractivity contribution < 1.29 is 22.7 Å². The second-order valence-corrected chi connectivity index (χ2v) is 11.1. The maximum Gasteiger partial charge on any atom is 0.185 e. The molecule has 1 saturated carbocycles. The van der Waals surface area contributed by atoms with Crippen molar-refractivity contribution in [2.45, 2.75) is 51.4 Å². The van der Waals surface area contributed by atoms with Crippen LogP contribution in [0.5, 0.6) is 11.5 Å². The van der Waals surface area contributed by atoms with E-state index in [9.17, 15) is 13.2 Å². The molecule has 32 heavy (non-hydrogen) atoms. The summed E-state index contributed by atoms with van der Waals surface area (Å²) in [5, 5.41) is 0. The average Bonchev–Trinajstić information content (AvgIpc) is 3.20. The molecule has 0 aromatic heterocycles. The molecule has 3 atom stereocenters. The summed E-state index contributed by atoms with van der Waals surface area (Å²) in [6, 6.07) is 16.3. The third-order valence-corrected chi connectivity index (χ3v) is 6.99. The Kier molecular flexibility index (Phi) is 8.35. The van der Waals surface area contributed by atoms with Gasteiger partial charge in [0, 0.05) is 6.26 Å². The molecule has 3 rings (SSSR count). The first-order chi connectivity index (χ1) is 15.2. The predicted octanol–water partition coefficient (Wildman–Crippen LogP) is 5.16. The molecule has 6 heteroatoms. The van der Waals surface area contributed by atoms with Crippen molar-refractivity contribution in [1.29, 1.82) is 0 Å². The van der Waals surface area contributed by atoms with Gasteiger partial charge in [-0.1, -0.05) is 31.2 Å². The van der Waals surface area contributed by atoms with Crippen LogP contribution in [0.25, 0.3) is 0 Å². The number of Topliss-reactive ketones (excluding diaryl/α,β-unsaturated/α-hetero) is 1. The van der Waals surface area contributed by atoms with Crippen LogP contribution in [0.15, 0.2) is 48.5 Å². The van der Waals surface area contributed by atoms with Crippen LogP contribution < -0.4 is 9.47 Å². The first-order valence-corrected chi connectivity index (χ1v) is 13.4. The molecule has 1 unspecified atom stereocenters. The van der Waals surface area contributed by atoms with Crippen molar-refractivity contribution in [3.63, 3.8) is 0 Å². The third-order valence-electron chi connectivity index (χ3n) is 6.14. The molecule has 0 N–H and O–H groups in total. The largest absolute Gasteiger partial charge is 0.494 e. The van der Waals surface area contributed by atoms with Gasteiger partial charge in [0.15, 0.2) is 15.6 Å². The van der Waals surface area contributed by atoms with Gasteiger partial charge < -0.3 is 9.47 Å². The van der Waals surface area contributed by atoms with Crippen molar-refractivity contribution in [1.82, 2.24) is 0 Å². The minimum atomic E-state index is -3.32. The molecule has 2 aromatic carbocycles. The lowest BCUT2D eigenvalue weighted by atomic mass is 9.88. The fraction of sp³-hybridized carbons (Fsp3) is 0.500. The number of benzene rings is 2. The SMILES string of the molecule is CCOc1cccc([C@@H](C)CC2CC[C@@H](c3ccc(OCC(=O)CS(C)(=O)=O)cc3)C2)c1. The van der Waals surface area contributed by atoms with E-state index >= 15 is 0 Å². The average molecular weight is 459 g/mol. The first kappa shape index (κ1) is 24.3. The van der Waals surface area contributed by atoms with Crippen molar-refractivity contribution in [3.8, 4) is 11.5 Å². The number of rotatable bonds is 11. The fourth-order valence-corrected chi connectivity index (χ4v) is 5.31. The minimum absolute atomic E-state index is 0.222. The monoisotopic (exact) mass is 458 g/mol. The van der Waals surface area contributed by atoms with Crippen LogP contribution >= 0.6 is 0 Å². The number of ketones is 1. The predicted molar refractivity (Wildman–Crippen MR) is 127 cm³/mol. The highest BCUT2D eigenvalue weighted by Gasteiger charge is 2.27. The van der Waals surface area contributed by atoms with E-state index < -0.39 is 21.4 Å². The second-order valence-electron chi connectivity index (χ2n) is 8.98. The molecule has 1 fully saturated rings. The quantitative estimate of drug-likeness (QED) is 0.465. The van der Waals surface area contributed by atoms with E-state index in [4.69, 9.17) is 9.47 Å². The van der Waals surface area contributed by atoms with Crippen LogP contribution in [-0.4, -0.2) is 39.4 Å². The molecule has 0 heterocycles. The van der Waals surface area contributed by atoms with Crippen molar-refractivity contribution >= 4 is 15.6 Å². The molecule has 0 aliphatic heterocycles. The van der Waals surface area contributed by atoms with E-state index in [1.54, 1.807) is 0 Å². The lowest BCUT2D eigenvalue weighted by Crippen LogP contribution is -2.20. The zero-order chi connectivity index (χ0) is 23.1. The van der Waals surface area contributed by atoms with Gasteiger partial charge in [-0.2, -0.15) is 0 Å². The van der Waals surface area contributed by atoms with Crippen molar-refractivity contribution in [2.24, 2.45) is 5.92 Å². The molecule has 2 aromatic rings. The van der Waals surface area contributed by atoms with E-state index in [0.29, 0.717) is 30.1 Å². The van der Waals surface area contributed by atoms with E-state index in [-0.39, 0.29) is 6.61 Å². The van der Waals surface area contributed by atoms with Crippen molar-refractivity contribution in [3.05, 3.63) is 59.7 Å². The Labute approximate surface area is 192 Å². The molecule has 0 amide bonds. The highest BCUT2D eigenvalue weighted by molar-refractivity contribution is 7.91. The highest BCUT2D eigenvalue weighted by atomic mass is 32.2. The fourth-order valence-electron chi connectivity index (χ4n) is 4.64. The topological polar surface area (TPSA) is 69.7 Å². The van der Waals surface area contributed by atoms with Gasteiger partial charge in [0.25, 0.3) is 0 Å². The van der Waals surface area contributed by atoms with Crippen LogP contribution in [0.4, 0.5) is 0 Å². The van der Waals surface area contributed by atoms with Gasteiger partial charge in [-0.3, -0.25) is 4.79 Å². The van der Waals surface area contributed by atoms with Crippen LogP contribution in [-0.2, 0) is 14.6 Å². The molecule has 5 nitrogen and oxygen atoms in total. The lowest BCUT2D eigenvalue weighted by Gasteiger charge is -2.18. The van der Waals surface area contributed by atoms with E-state index in [1.807, 2.05) is 25.1 Å². The number of carbonyl (C=O) groups excluding carboxylic acids is 1. The van der Waals surface area contributed by atoms with Gasteiger partial charge in [-0.25, -0.2) is 8.42 Å². The van der Waals surface area contributed by atoms with E-state index in [1.165, 1.54) is 36.8 Å². The van der Waals surface area contributed by atoms with Gasteiger partial charge >= 0.3 is 0 Å². The van der Waals surface area contributed by atoms with E-state index in [0.717, 1.165) is 12.0 Å². The maximum absolute atomic E-state index is 11.7. The Morgan fingerprint density at radius 1 is 1.06 bits per heavy atom. The third kappa shape index (κ3) is 7.37. The van der Waals surface area contributed by atoms with Gasteiger partial charge in [-0.15, -0.1) is 0 Å². The Hall–Kier alpha value is -2.34. The van der Waals surface area contributed by atoms with Gasteiger partial charge in [-0.05, 0) is 85.8 Å². The summed E-state index contributed by atoms with van der Waals surface area (Å²) < 4.78 is 33.5. The zero-order valence-electron chi connectivity index (χ0n) is 19.3. The molecule has 0 bridgehead atoms. The number of hydrogen-bond acceptors (Lipinski definition) is 5. The Morgan fingerprint density at radius 2 is 1.81 bits per heavy atom. The molecule has 0 spiro atoms. The molecular formula is C26H34O5S.